The highest BCUT2D eigenvalue weighted by Gasteiger charge is 2.22. The van der Waals surface area contributed by atoms with Crippen LogP contribution in [0.2, 0.25) is 0 Å². The SMILES string of the molecule is Cc1ncc(C(=O)NC(CCC(=O)O)CC2CCCCC2)c(C)n1. The number of aromatic nitrogens is 2. The molecule has 1 amide bonds. The summed E-state index contributed by atoms with van der Waals surface area (Å²) in [5, 5.41) is 12.0. The largest absolute Gasteiger partial charge is 0.481 e. The van der Waals surface area contributed by atoms with E-state index in [1.165, 1.54) is 32.1 Å². The van der Waals surface area contributed by atoms with Crippen LogP contribution in [0.25, 0.3) is 0 Å². The third-order valence-corrected chi connectivity index (χ3v) is 4.73. The van der Waals surface area contributed by atoms with Crippen LogP contribution in [0.3, 0.4) is 0 Å². The van der Waals surface area contributed by atoms with Crippen LogP contribution in [0, 0.1) is 19.8 Å². The maximum absolute atomic E-state index is 12.5. The second-order valence-corrected chi connectivity index (χ2v) is 6.76. The molecular weight excluding hydrogens is 306 g/mol. The lowest BCUT2D eigenvalue weighted by Gasteiger charge is -2.27. The summed E-state index contributed by atoms with van der Waals surface area (Å²) in [6.07, 6.45) is 9.02. The Morgan fingerprint density at radius 2 is 2.00 bits per heavy atom. The van der Waals surface area contributed by atoms with E-state index < -0.39 is 5.97 Å². The van der Waals surface area contributed by atoms with E-state index >= 15 is 0 Å². The molecule has 1 fully saturated rings. The number of rotatable bonds is 7. The van der Waals surface area contributed by atoms with Gasteiger partial charge < -0.3 is 10.4 Å². The van der Waals surface area contributed by atoms with E-state index in [0.717, 1.165) is 6.42 Å². The molecule has 0 radical (unpaired) electrons. The number of hydrogen-bond donors (Lipinski definition) is 2. The number of carboxylic acids is 1. The van der Waals surface area contributed by atoms with Crippen molar-refractivity contribution in [1.82, 2.24) is 15.3 Å². The summed E-state index contributed by atoms with van der Waals surface area (Å²) in [5.41, 5.74) is 1.11. The van der Waals surface area contributed by atoms with E-state index in [1.54, 1.807) is 20.0 Å². The van der Waals surface area contributed by atoms with Crippen molar-refractivity contribution in [3.63, 3.8) is 0 Å². The van der Waals surface area contributed by atoms with Crippen LogP contribution in [0.1, 0.15) is 73.2 Å². The van der Waals surface area contributed by atoms with Gasteiger partial charge in [-0.2, -0.15) is 0 Å². The molecular formula is C18H27N3O3. The third-order valence-electron chi connectivity index (χ3n) is 4.73. The zero-order valence-corrected chi connectivity index (χ0v) is 14.5. The number of carbonyl (C=O) groups excluding carboxylic acids is 1. The lowest BCUT2D eigenvalue weighted by molar-refractivity contribution is -0.137. The molecule has 2 rings (SSSR count). The molecule has 0 saturated heterocycles. The molecule has 0 spiro atoms. The van der Waals surface area contributed by atoms with Crippen molar-refractivity contribution >= 4 is 11.9 Å². The van der Waals surface area contributed by atoms with Gasteiger partial charge in [-0.3, -0.25) is 9.59 Å². The van der Waals surface area contributed by atoms with Gasteiger partial charge in [0.05, 0.1) is 11.3 Å². The van der Waals surface area contributed by atoms with Gasteiger partial charge in [0, 0.05) is 18.7 Å². The number of hydrogen-bond acceptors (Lipinski definition) is 4. The Kier molecular flexibility index (Phi) is 6.70. The van der Waals surface area contributed by atoms with Crippen LogP contribution in [-0.2, 0) is 4.79 Å². The Labute approximate surface area is 143 Å². The minimum absolute atomic E-state index is 0.0705. The molecule has 6 nitrogen and oxygen atoms in total. The molecule has 1 aromatic rings. The maximum atomic E-state index is 12.5. The molecule has 1 saturated carbocycles. The Morgan fingerprint density at radius 1 is 1.29 bits per heavy atom. The minimum Gasteiger partial charge on any atom is -0.481 e. The van der Waals surface area contributed by atoms with Crippen LogP contribution in [0.4, 0.5) is 0 Å². The van der Waals surface area contributed by atoms with Crippen molar-refractivity contribution in [3.8, 4) is 0 Å². The molecule has 6 heteroatoms. The van der Waals surface area contributed by atoms with Gasteiger partial charge in [0.15, 0.2) is 0 Å². The Balaban J connectivity index is 2.02. The van der Waals surface area contributed by atoms with E-state index in [2.05, 4.69) is 15.3 Å². The number of nitrogens with one attached hydrogen (secondary N) is 1. The third kappa shape index (κ3) is 5.58. The summed E-state index contributed by atoms with van der Waals surface area (Å²) < 4.78 is 0. The lowest BCUT2D eigenvalue weighted by atomic mass is 9.84. The average Bonchev–Trinajstić information content (AvgIpc) is 2.53. The molecule has 1 aromatic heterocycles. The van der Waals surface area contributed by atoms with Crippen LogP contribution in [0.15, 0.2) is 6.20 Å². The smallest absolute Gasteiger partial charge is 0.303 e. The van der Waals surface area contributed by atoms with Crippen LogP contribution in [-0.4, -0.2) is 33.0 Å². The first kappa shape index (κ1) is 18.4. The highest BCUT2D eigenvalue weighted by molar-refractivity contribution is 5.95. The normalized spacial score (nSPS) is 16.6. The first-order chi connectivity index (χ1) is 11.5. The summed E-state index contributed by atoms with van der Waals surface area (Å²) in [6, 6.07) is -0.114. The van der Waals surface area contributed by atoms with E-state index in [9.17, 15) is 9.59 Å². The zero-order valence-electron chi connectivity index (χ0n) is 14.5. The molecule has 1 aliphatic rings. The molecule has 0 aromatic carbocycles. The number of carboxylic acid groups (broad SMARTS) is 1. The quantitative estimate of drug-likeness (QED) is 0.800. The predicted molar refractivity (Wildman–Crippen MR) is 90.8 cm³/mol. The monoisotopic (exact) mass is 333 g/mol. The fraction of sp³-hybridized carbons (Fsp3) is 0.667. The maximum Gasteiger partial charge on any atom is 0.303 e. The van der Waals surface area contributed by atoms with Crippen LogP contribution >= 0.6 is 0 Å². The van der Waals surface area contributed by atoms with Gasteiger partial charge >= 0.3 is 5.97 Å². The van der Waals surface area contributed by atoms with Crippen molar-refractivity contribution in [1.29, 1.82) is 0 Å². The molecule has 0 bridgehead atoms. The van der Waals surface area contributed by atoms with Gasteiger partial charge in [-0.05, 0) is 32.6 Å². The summed E-state index contributed by atoms with van der Waals surface area (Å²) in [7, 11) is 0. The second kappa shape index (κ2) is 8.76. The predicted octanol–water partition coefficient (Wildman–Crippen LogP) is 3.03. The van der Waals surface area contributed by atoms with Crippen molar-refractivity contribution in [2.24, 2.45) is 5.92 Å². The fourth-order valence-electron chi connectivity index (χ4n) is 3.44. The minimum atomic E-state index is -0.826. The highest BCUT2D eigenvalue weighted by Crippen LogP contribution is 2.28. The highest BCUT2D eigenvalue weighted by atomic mass is 16.4. The summed E-state index contributed by atoms with van der Waals surface area (Å²) in [5.74, 6) is 0.174. The number of nitrogens with zero attached hydrogens (tertiary/aromatic N) is 2. The zero-order chi connectivity index (χ0) is 17.5. The van der Waals surface area contributed by atoms with E-state index in [-0.39, 0.29) is 18.4 Å². The molecule has 1 aliphatic carbocycles. The summed E-state index contributed by atoms with van der Waals surface area (Å²) >= 11 is 0. The average molecular weight is 333 g/mol. The molecule has 0 aliphatic heterocycles. The summed E-state index contributed by atoms with van der Waals surface area (Å²) in [4.78, 5) is 31.8. The van der Waals surface area contributed by atoms with Crippen LogP contribution < -0.4 is 5.32 Å². The van der Waals surface area contributed by atoms with Crippen LogP contribution in [0.5, 0.6) is 0 Å². The number of carbonyl (C=O) groups is 2. The Bertz CT molecular complexity index is 583. The molecule has 2 N–H and O–H groups in total. The van der Waals surface area contributed by atoms with Gasteiger partial charge in [-0.25, -0.2) is 9.97 Å². The topological polar surface area (TPSA) is 92.2 Å². The Hall–Kier alpha value is -1.98. The molecule has 1 heterocycles. The van der Waals surface area contributed by atoms with Gasteiger partial charge in [0.1, 0.15) is 5.82 Å². The van der Waals surface area contributed by atoms with Crippen molar-refractivity contribution in [2.75, 3.05) is 0 Å². The standard InChI is InChI=1S/C18H27N3O3/c1-12-16(11-19-13(2)20-12)18(24)21-15(8-9-17(22)23)10-14-6-4-3-5-7-14/h11,14-15H,3-10H2,1-2H3,(H,21,24)(H,22,23). The van der Waals surface area contributed by atoms with Gasteiger partial charge in [-0.1, -0.05) is 32.1 Å². The van der Waals surface area contributed by atoms with Gasteiger partial charge in [0.25, 0.3) is 5.91 Å². The summed E-state index contributed by atoms with van der Waals surface area (Å²) in [6.45, 7) is 3.57. The van der Waals surface area contributed by atoms with Gasteiger partial charge in [0.2, 0.25) is 0 Å². The Morgan fingerprint density at radius 3 is 2.62 bits per heavy atom. The van der Waals surface area contributed by atoms with E-state index in [0.29, 0.717) is 29.4 Å². The molecule has 132 valence electrons. The lowest BCUT2D eigenvalue weighted by Crippen LogP contribution is -2.37. The first-order valence-corrected chi connectivity index (χ1v) is 8.78. The van der Waals surface area contributed by atoms with E-state index in [4.69, 9.17) is 5.11 Å². The first-order valence-electron chi connectivity index (χ1n) is 8.78. The van der Waals surface area contributed by atoms with Crippen molar-refractivity contribution in [3.05, 3.63) is 23.3 Å². The molecule has 1 atom stereocenters. The number of aliphatic carboxylic acids is 1. The molecule has 24 heavy (non-hydrogen) atoms. The fourth-order valence-corrected chi connectivity index (χ4v) is 3.44. The second-order valence-electron chi connectivity index (χ2n) is 6.76. The van der Waals surface area contributed by atoms with Crippen molar-refractivity contribution < 1.29 is 14.7 Å². The number of amides is 1. The van der Waals surface area contributed by atoms with Gasteiger partial charge in [-0.15, -0.1) is 0 Å². The number of aryl methyl sites for hydroxylation is 2. The van der Waals surface area contributed by atoms with Crippen molar-refractivity contribution in [2.45, 2.75) is 71.3 Å². The molecule has 1 unspecified atom stereocenters. The van der Waals surface area contributed by atoms with E-state index in [1.807, 2.05) is 0 Å².